The van der Waals surface area contributed by atoms with Gasteiger partial charge in [-0.05, 0) is 13.8 Å². The first-order valence-electron chi connectivity index (χ1n) is 6.20. The van der Waals surface area contributed by atoms with Crippen molar-refractivity contribution < 1.29 is 9.53 Å². The minimum absolute atomic E-state index is 0.335. The third-order valence-corrected chi connectivity index (χ3v) is 2.71. The van der Waals surface area contributed by atoms with Crippen LogP contribution in [0, 0.1) is 6.92 Å². The van der Waals surface area contributed by atoms with Gasteiger partial charge in [0, 0.05) is 25.0 Å². The Kier molecular flexibility index (Phi) is 3.89. The number of rotatable bonds is 4. The fourth-order valence-electron chi connectivity index (χ4n) is 1.76. The van der Waals surface area contributed by atoms with Gasteiger partial charge in [-0.3, -0.25) is 4.57 Å². The van der Waals surface area contributed by atoms with Crippen molar-refractivity contribution in [2.24, 2.45) is 0 Å². The third-order valence-electron chi connectivity index (χ3n) is 2.71. The highest BCUT2D eigenvalue weighted by Crippen LogP contribution is 2.11. The molecular formula is C13H16N4O2. The average molecular weight is 260 g/mol. The summed E-state index contributed by atoms with van der Waals surface area (Å²) in [7, 11) is 0. The Morgan fingerprint density at radius 3 is 2.79 bits per heavy atom. The van der Waals surface area contributed by atoms with Crippen LogP contribution in [-0.4, -0.2) is 32.1 Å². The zero-order valence-electron chi connectivity index (χ0n) is 11.3. The van der Waals surface area contributed by atoms with E-state index in [1.807, 2.05) is 11.5 Å². The number of carbonyl (C=O) groups is 1. The average Bonchev–Trinajstić information content (AvgIpc) is 2.87. The first-order valence-corrected chi connectivity index (χ1v) is 6.20. The second-order valence-corrected chi connectivity index (χ2v) is 3.96. The predicted molar refractivity (Wildman–Crippen MR) is 69.2 cm³/mol. The quantitative estimate of drug-likeness (QED) is 0.783. The molecule has 2 rings (SSSR count). The zero-order valence-corrected chi connectivity index (χ0v) is 11.3. The fraction of sp³-hybridized carbons (Fsp3) is 0.385. The lowest BCUT2D eigenvalue weighted by atomic mass is 10.2. The molecule has 0 radical (unpaired) electrons. The summed E-state index contributed by atoms with van der Waals surface area (Å²) in [6, 6.07) is 0. The highest BCUT2D eigenvalue weighted by atomic mass is 16.5. The number of carbonyl (C=O) groups excluding carboxylic acids is 1. The Morgan fingerprint density at radius 2 is 2.16 bits per heavy atom. The predicted octanol–water partition coefficient (Wildman–Crippen LogP) is 1.71. The summed E-state index contributed by atoms with van der Waals surface area (Å²) in [5.74, 6) is 0.996. The lowest BCUT2D eigenvalue weighted by Gasteiger charge is -2.08. The van der Waals surface area contributed by atoms with Crippen LogP contribution in [-0.2, 0) is 11.2 Å². The second kappa shape index (κ2) is 5.60. The van der Waals surface area contributed by atoms with Gasteiger partial charge in [0.2, 0.25) is 5.95 Å². The van der Waals surface area contributed by atoms with Crippen LogP contribution in [0.4, 0.5) is 0 Å². The van der Waals surface area contributed by atoms with E-state index in [4.69, 9.17) is 4.74 Å². The summed E-state index contributed by atoms with van der Waals surface area (Å²) in [4.78, 5) is 24.4. The summed E-state index contributed by atoms with van der Waals surface area (Å²) in [5, 5.41) is 0. The van der Waals surface area contributed by atoms with E-state index in [2.05, 4.69) is 15.0 Å². The van der Waals surface area contributed by atoms with Gasteiger partial charge >= 0.3 is 5.97 Å². The summed E-state index contributed by atoms with van der Waals surface area (Å²) in [5.41, 5.74) is 0.989. The Labute approximate surface area is 111 Å². The summed E-state index contributed by atoms with van der Waals surface area (Å²) >= 11 is 0. The Hall–Kier alpha value is -2.24. The molecule has 2 heterocycles. The van der Waals surface area contributed by atoms with Gasteiger partial charge in [-0.1, -0.05) is 6.92 Å². The number of hydrogen-bond acceptors (Lipinski definition) is 5. The van der Waals surface area contributed by atoms with Crippen molar-refractivity contribution in [3.63, 3.8) is 0 Å². The zero-order chi connectivity index (χ0) is 13.8. The minimum atomic E-state index is -0.395. The van der Waals surface area contributed by atoms with Gasteiger partial charge in [0.25, 0.3) is 0 Å². The van der Waals surface area contributed by atoms with Crippen LogP contribution in [0.15, 0.2) is 18.6 Å². The van der Waals surface area contributed by atoms with Crippen molar-refractivity contribution in [3.05, 3.63) is 35.7 Å². The highest BCUT2D eigenvalue weighted by molar-refractivity contribution is 5.90. The first kappa shape index (κ1) is 13.2. The van der Waals surface area contributed by atoms with Crippen molar-refractivity contribution in [3.8, 4) is 5.95 Å². The number of esters is 1. The Balaban J connectivity index is 2.36. The van der Waals surface area contributed by atoms with Crippen molar-refractivity contribution in [2.45, 2.75) is 27.2 Å². The standard InChI is InChI=1S/C13H16N4O2/c1-4-11-14-6-7-17(11)13-15-8-10(9(3)16-13)12(18)19-5-2/h6-8H,4-5H2,1-3H3. The van der Waals surface area contributed by atoms with Crippen LogP contribution in [0.3, 0.4) is 0 Å². The fourth-order valence-corrected chi connectivity index (χ4v) is 1.76. The molecule has 0 spiro atoms. The topological polar surface area (TPSA) is 69.9 Å². The minimum Gasteiger partial charge on any atom is -0.462 e. The molecular weight excluding hydrogens is 244 g/mol. The monoisotopic (exact) mass is 260 g/mol. The number of nitrogens with zero attached hydrogens (tertiary/aromatic N) is 4. The van der Waals surface area contributed by atoms with Crippen LogP contribution >= 0.6 is 0 Å². The van der Waals surface area contributed by atoms with Crippen molar-refractivity contribution in [1.29, 1.82) is 0 Å². The maximum atomic E-state index is 11.7. The molecule has 2 aromatic rings. The molecule has 0 amide bonds. The molecule has 0 atom stereocenters. The van der Waals surface area contributed by atoms with E-state index >= 15 is 0 Å². The molecule has 0 bridgehead atoms. The van der Waals surface area contributed by atoms with Gasteiger partial charge in [0.15, 0.2) is 0 Å². The van der Waals surface area contributed by atoms with Crippen LogP contribution in [0.2, 0.25) is 0 Å². The molecule has 6 heteroatoms. The molecule has 0 aromatic carbocycles. The van der Waals surface area contributed by atoms with Gasteiger partial charge in [0.1, 0.15) is 5.82 Å². The largest absolute Gasteiger partial charge is 0.462 e. The number of hydrogen-bond donors (Lipinski definition) is 0. The maximum absolute atomic E-state index is 11.7. The van der Waals surface area contributed by atoms with Crippen LogP contribution in [0.25, 0.3) is 5.95 Å². The van der Waals surface area contributed by atoms with E-state index in [1.54, 1.807) is 26.2 Å². The summed E-state index contributed by atoms with van der Waals surface area (Å²) < 4.78 is 6.75. The lowest BCUT2D eigenvalue weighted by molar-refractivity contribution is 0.0524. The molecule has 0 aliphatic heterocycles. The molecule has 19 heavy (non-hydrogen) atoms. The maximum Gasteiger partial charge on any atom is 0.341 e. The van der Waals surface area contributed by atoms with Gasteiger partial charge in [-0.25, -0.2) is 19.7 Å². The molecule has 0 aliphatic carbocycles. The molecule has 0 saturated heterocycles. The summed E-state index contributed by atoms with van der Waals surface area (Å²) in [6.07, 6.45) is 5.79. The normalized spacial score (nSPS) is 10.5. The number of ether oxygens (including phenoxy) is 1. The van der Waals surface area contributed by atoms with Gasteiger partial charge in [-0.15, -0.1) is 0 Å². The van der Waals surface area contributed by atoms with Crippen molar-refractivity contribution >= 4 is 5.97 Å². The van der Waals surface area contributed by atoms with Crippen molar-refractivity contribution in [1.82, 2.24) is 19.5 Å². The number of aromatic nitrogens is 4. The van der Waals surface area contributed by atoms with Crippen LogP contribution in [0.1, 0.15) is 35.7 Å². The third kappa shape index (κ3) is 2.62. The molecule has 0 fully saturated rings. The Bertz CT molecular complexity index is 592. The molecule has 2 aromatic heterocycles. The van der Waals surface area contributed by atoms with E-state index in [9.17, 15) is 4.79 Å². The van der Waals surface area contributed by atoms with Crippen LogP contribution < -0.4 is 0 Å². The van der Waals surface area contributed by atoms with Gasteiger partial charge in [0.05, 0.1) is 17.9 Å². The molecule has 6 nitrogen and oxygen atoms in total. The smallest absolute Gasteiger partial charge is 0.341 e. The van der Waals surface area contributed by atoms with E-state index in [1.165, 1.54) is 6.20 Å². The molecule has 0 unspecified atom stereocenters. The first-order chi connectivity index (χ1) is 9.17. The SMILES string of the molecule is CCOC(=O)c1cnc(-n2ccnc2CC)nc1C. The molecule has 0 N–H and O–H groups in total. The summed E-state index contributed by atoms with van der Waals surface area (Å²) in [6.45, 7) is 5.88. The highest BCUT2D eigenvalue weighted by Gasteiger charge is 2.14. The van der Waals surface area contributed by atoms with Crippen molar-refractivity contribution in [2.75, 3.05) is 6.61 Å². The van der Waals surface area contributed by atoms with E-state index in [0.717, 1.165) is 12.2 Å². The number of imidazole rings is 1. The van der Waals surface area contributed by atoms with E-state index < -0.39 is 5.97 Å². The van der Waals surface area contributed by atoms with E-state index in [-0.39, 0.29) is 0 Å². The lowest BCUT2D eigenvalue weighted by Crippen LogP contribution is -2.12. The van der Waals surface area contributed by atoms with Gasteiger partial charge < -0.3 is 4.74 Å². The van der Waals surface area contributed by atoms with Gasteiger partial charge in [-0.2, -0.15) is 0 Å². The Morgan fingerprint density at radius 1 is 1.37 bits per heavy atom. The number of aryl methyl sites for hydroxylation is 2. The molecule has 100 valence electrons. The second-order valence-electron chi connectivity index (χ2n) is 3.96. The van der Waals surface area contributed by atoms with E-state index in [0.29, 0.717) is 23.8 Å². The molecule has 0 aliphatic rings. The van der Waals surface area contributed by atoms with Crippen LogP contribution in [0.5, 0.6) is 0 Å². The molecule has 0 saturated carbocycles.